The van der Waals surface area contributed by atoms with Crippen LogP contribution in [0.1, 0.15) is 12.5 Å². The first kappa shape index (κ1) is 10.1. The van der Waals surface area contributed by atoms with Gasteiger partial charge in [-0.3, -0.25) is 0 Å². The van der Waals surface area contributed by atoms with Crippen LogP contribution in [0.15, 0.2) is 24.3 Å². The lowest BCUT2D eigenvalue weighted by Gasteiger charge is -2.13. The lowest BCUT2D eigenvalue weighted by molar-refractivity contribution is 0.0920. The first-order valence-electron chi connectivity index (χ1n) is 4.44. The second-order valence-electron chi connectivity index (χ2n) is 3.20. The van der Waals surface area contributed by atoms with Gasteiger partial charge in [-0.05, 0) is 31.5 Å². The lowest BCUT2D eigenvalue weighted by atomic mass is 10.2. The summed E-state index contributed by atoms with van der Waals surface area (Å²) < 4.78 is 10.6. The lowest BCUT2D eigenvalue weighted by Crippen LogP contribution is -2.17. The Kier molecular flexibility index (Phi) is 3.77. The van der Waals surface area contributed by atoms with Gasteiger partial charge in [0.15, 0.2) is 0 Å². The van der Waals surface area contributed by atoms with Gasteiger partial charge in [0.05, 0.1) is 6.61 Å². The second kappa shape index (κ2) is 4.87. The maximum Gasteiger partial charge on any atom is 0.120 e. The van der Waals surface area contributed by atoms with Crippen LogP contribution in [0, 0.1) is 6.92 Å². The third-order valence-corrected chi connectivity index (χ3v) is 1.73. The molecule has 0 spiro atoms. The predicted molar refractivity (Wildman–Crippen MR) is 53.1 cm³/mol. The van der Waals surface area contributed by atoms with E-state index in [4.69, 9.17) is 9.47 Å². The Balaban J connectivity index is 2.53. The summed E-state index contributed by atoms with van der Waals surface area (Å²) in [5.74, 6) is 0.907. The molecule has 2 heteroatoms. The summed E-state index contributed by atoms with van der Waals surface area (Å²) in [7, 11) is 1.68. The average Bonchev–Trinajstić information content (AvgIpc) is 2.04. The fourth-order valence-corrected chi connectivity index (χ4v) is 1.19. The summed E-state index contributed by atoms with van der Waals surface area (Å²) in [5.41, 5.74) is 1.21. The van der Waals surface area contributed by atoms with Crippen LogP contribution in [0.25, 0.3) is 0 Å². The van der Waals surface area contributed by atoms with Crippen molar-refractivity contribution >= 4 is 0 Å². The molecule has 1 unspecified atom stereocenters. The zero-order valence-electron chi connectivity index (χ0n) is 8.41. The monoisotopic (exact) mass is 180 g/mol. The highest BCUT2D eigenvalue weighted by Gasteiger charge is 2.02. The molecular formula is C11H16O2. The molecule has 0 aliphatic heterocycles. The molecule has 0 saturated carbocycles. The summed E-state index contributed by atoms with van der Waals surface area (Å²) >= 11 is 0. The van der Waals surface area contributed by atoms with Crippen molar-refractivity contribution < 1.29 is 9.47 Å². The number of rotatable bonds is 4. The van der Waals surface area contributed by atoms with Crippen LogP contribution >= 0.6 is 0 Å². The number of methoxy groups -OCH3 is 1. The van der Waals surface area contributed by atoms with E-state index in [0.29, 0.717) is 6.61 Å². The quantitative estimate of drug-likeness (QED) is 0.708. The normalized spacial score (nSPS) is 12.5. The van der Waals surface area contributed by atoms with Gasteiger partial charge in [-0.2, -0.15) is 0 Å². The van der Waals surface area contributed by atoms with Crippen LogP contribution in [-0.4, -0.2) is 19.8 Å². The highest BCUT2D eigenvalue weighted by atomic mass is 16.5. The molecule has 72 valence electrons. The number of hydrogen-bond acceptors (Lipinski definition) is 2. The summed E-state index contributed by atoms with van der Waals surface area (Å²) in [4.78, 5) is 0. The van der Waals surface area contributed by atoms with E-state index < -0.39 is 0 Å². The van der Waals surface area contributed by atoms with Gasteiger partial charge in [-0.25, -0.2) is 0 Å². The summed E-state index contributed by atoms with van der Waals surface area (Å²) in [6, 6.07) is 8.02. The minimum atomic E-state index is 0.104. The molecule has 0 N–H and O–H groups in total. The smallest absolute Gasteiger partial charge is 0.120 e. The van der Waals surface area contributed by atoms with Gasteiger partial charge in [0.1, 0.15) is 11.9 Å². The number of benzene rings is 1. The van der Waals surface area contributed by atoms with Crippen LogP contribution in [-0.2, 0) is 4.74 Å². The van der Waals surface area contributed by atoms with Gasteiger partial charge in [0, 0.05) is 7.11 Å². The van der Waals surface area contributed by atoms with E-state index in [1.807, 2.05) is 38.1 Å². The third-order valence-electron chi connectivity index (χ3n) is 1.73. The number of aryl methyl sites for hydroxylation is 1. The van der Waals surface area contributed by atoms with Crippen molar-refractivity contribution in [2.24, 2.45) is 0 Å². The van der Waals surface area contributed by atoms with E-state index in [2.05, 4.69) is 0 Å². The molecule has 0 fully saturated rings. The van der Waals surface area contributed by atoms with Gasteiger partial charge in [-0.15, -0.1) is 0 Å². The van der Waals surface area contributed by atoms with Crippen LogP contribution in [0.3, 0.4) is 0 Å². The molecule has 0 radical (unpaired) electrons. The standard InChI is InChI=1S/C11H16O2/c1-9-5-4-6-11(7-9)13-10(2)8-12-3/h4-7,10H,8H2,1-3H3. The molecule has 0 aromatic heterocycles. The molecule has 0 bridgehead atoms. The molecule has 1 aromatic carbocycles. The fourth-order valence-electron chi connectivity index (χ4n) is 1.19. The maximum absolute atomic E-state index is 5.61. The van der Waals surface area contributed by atoms with E-state index in [-0.39, 0.29) is 6.10 Å². The van der Waals surface area contributed by atoms with E-state index >= 15 is 0 Å². The summed E-state index contributed by atoms with van der Waals surface area (Å²) in [5, 5.41) is 0. The number of hydrogen-bond donors (Lipinski definition) is 0. The molecule has 2 nitrogen and oxygen atoms in total. The fraction of sp³-hybridized carbons (Fsp3) is 0.455. The van der Waals surface area contributed by atoms with Crippen LogP contribution in [0.5, 0.6) is 5.75 Å². The maximum atomic E-state index is 5.61. The van der Waals surface area contributed by atoms with Crippen molar-refractivity contribution in [3.63, 3.8) is 0 Å². The van der Waals surface area contributed by atoms with E-state index in [9.17, 15) is 0 Å². The Morgan fingerprint density at radius 1 is 1.38 bits per heavy atom. The first-order valence-corrected chi connectivity index (χ1v) is 4.44. The molecule has 0 saturated heterocycles. The molecule has 0 amide bonds. The van der Waals surface area contributed by atoms with E-state index in [0.717, 1.165) is 5.75 Å². The van der Waals surface area contributed by atoms with Crippen molar-refractivity contribution in [3.8, 4) is 5.75 Å². The van der Waals surface area contributed by atoms with E-state index in [1.54, 1.807) is 7.11 Å². The van der Waals surface area contributed by atoms with Crippen LogP contribution in [0.2, 0.25) is 0 Å². The zero-order valence-corrected chi connectivity index (χ0v) is 8.41. The van der Waals surface area contributed by atoms with Gasteiger partial charge >= 0.3 is 0 Å². The third kappa shape index (κ3) is 3.47. The molecule has 0 aliphatic rings. The predicted octanol–water partition coefficient (Wildman–Crippen LogP) is 2.41. The van der Waals surface area contributed by atoms with Gasteiger partial charge in [0.25, 0.3) is 0 Å². The first-order chi connectivity index (χ1) is 6.22. The molecule has 13 heavy (non-hydrogen) atoms. The van der Waals surface area contributed by atoms with Gasteiger partial charge < -0.3 is 9.47 Å². The SMILES string of the molecule is COCC(C)Oc1cccc(C)c1. The number of ether oxygens (including phenoxy) is 2. The van der Waals surface area contributed by atoms with Crippen LogP contribution < -0.4 is 4.74 Å². The minimum Gasteiger partial charge on any atom is -0.488 e. The van der Waals surface area contributed by atoms with Gasteiger partial charge in [-0.1, -0.05) is 12.1 Å². The Morgan fingerprint density at radius 2 is 2.15 bits per heavy atom. The molecule has 1 rings (SSSR count). The zero-order chi connectivity index (χ0) is 9.68. The highest BCUT2D eigenvalue weighted by molar-refractivity contribution is 5.27. The van der Waals surface area contributed by atoms with Crippen LogP contribution in [0.4, 0.5) is 0 Å². The highest BCUT2D eigenvalue weighted by Crippen LogP contribution is 2.13. The Bertz CT molecular complexity index is 258. The summed E-state index contributed by atoms with van der Waals surface area (Å²) in [6.45, 7) is 4.66. The van der Waals surface area contributed by atoms with Crippen molar-refractivity contribution in [3.05, 3.63) is 29.8 Å². The topological polar surface area (TPSA) is 18.5 Å². The average molecular weight is 180 g/mol. The Hall–Kier alpha value is -1.02. The van der Waals surface area contributed by atoms with Crippen molar-refractivity contribution in [1.29, 1.82) is 0 Å². The Labute approximate surface area is 79.5 Å². The second-order valence-corrected chi connectivity index (χ2v) is 3.20. The van der Waals surface area contributed by atoms with Crippen molar-refractivity contribution in [1.82, 2.24) is 0 Å². The Morgan fingerprint density at radius 3 is 2.77 bits per heavy atom. The van der Waals surface area contributed by atoms with Crippen molar-refractivity contribution in [2.75, 3.05) is 13.7 Å². The molecule has 1 atom stereocenters. The largest absolute Gasteiger partial charge is 0.488 e. The molecule has 0 heterocycles. The minimum absolute atomic E-state index is 0.104. The van der Waals surface area contributed by atoms with E-state index in [1.165, 1.54) is 5.56 Å². The van der Waals surface area contributed by atoms with Crippen molar-refractivity contribution in [2.45, 2.75) is 20.0 Å². The summed E-state index contributed by atoms with van der Waals surface area (Å²) in [6.07, 6.45) is 0.104. The molecule has 0 aliphatic carbocycles. The molecule has 1 aromatic rings. The van der Waals surface area contributed by atoms with Gasteiger partial charge in [0.2, 0.25) is 0 Å². The molecular weight excluding hydrogens is 164 g/mol.